The molecule has 52 heavy (non-hydrogen) atoms. The van der Waals surface area contributed by atoms with Gasteiger partial charge in [0.05, 0.1) is 31.8 Å². The maximum atomic E-state index is 14.7. The summed E-state index contributed by atoms with van der Waals surface area (Å²) in [5, 5.41) is 24.4. The van der Waals surface area contributed by atoms with Gasteiger partial charge in [-0.25, -0.2) is 4.79 Å². The third-order valence-electron chi connectivity index (χ3n) is 16.7. The number of fused-ring (bicyclic) bond motifs is 7. The van der Waals surface area contributed by atoms with Crippen LogP contribution in [0.15, 0.2) is 36.4 Å². The number of carboxylic acid groups (broad SMARTS) is 1. The summed E-state index contributed by atoms with van der Waals surface area (Å²) in [6.07, 6.45) is 10.9. The molecular weight excluding hydrogens is 650 g/mol. The summed E-state index contributed by atoms with van der Waals surface area (Å²) in [6, 6.07) is 7.24. The molecule has 0 aliphatic heterocycles. The molecule has 0 unspecified atom stereocenters. The molecule has 7 heteroatoms. The number of hydrogen-bond donors (Lipinski definition) is 3. The summed E-state index contributed by atoms with van der Waals surface area (Å²) < 4.78 is 11.6. The lowest BCUT2D eigenvalue weighted by molar-refractivity contribution is -0.246. The van der Waals surface area contributed by atoms with Crippen LogP contribution in [-0.2, 0) is 20.7 Å². The van der Waals surface area contributed by atoms with E-state index in [1.54, 1.807) is 7.11 Å². The first kappa shape index (κ1) is 39.3. The van der Waals surface area contributed by atoms with Crippen LogP contribution in [0.1, 0.15) is 125 Å². The molecule has 0 spiro atoms. The molecule has 0 bridgehead atoms. The lowest BCUT2D eigenvalue weighted by atomic mass is 9.32. The summed E-state index contributed by atoms with van der Waals surface area (Å²) in [4.78, 5) is 27.2. The van der Waals surface area contributed by atoms with E-state index in [9.17, 15) is 19.8 Å². The van der Waals surface area contributed by atoms with Crippen molar-refractivity contribution in [1.29, 1.82) is 0 Å². The highest BCUT2D eigenvalue weighted by atomic mass is 16.5. The first-order valence-electron chi connectivity index (χ1n) is 20.5. The fraction of sp³-hybridized carbons (Fsp3) is 0.778. The van der Waals surface area contributed by atoms with E-state index in [0.29, 0.717) is 37.4 Å². The highest BCUT2D eigenvalue weighted by molar-refractivity contribution is 5.88. The normalized spacial score (nSPS) is 39.7. The van der Waals surface area contributed by atoms with Crippen LogP contribution >= 0.6 is 0 Å². The molecule has 1 aromatic rings. The number of aliphatic hydroxyl groups excluding tert-OH is 1. The molecule has 1 aromatic carbocycles. The molecule has 5 aliphatic rings. The minimum atomic E-state index is -0.946. The van der Waals surface area contributed by atoms with Crippen LogP contribution in [0.5, 0.6) is 5.75 Å². The number of carbonyl (C=O) groups is 2. The zero-order valence-corrected chi connectivity index (χ0v) is 33.6. The molecule has 0 aromatic heterocycles. The Morgan fingerprint density at radius 1 is 0.904 bits per heavy atom. The number of carboxylic acids is 1. The van der Waals surface area contributed by atoms with Crippen molar-refractivity contribution in [3.05, 3.63) is 42.0 Å². The van der Waals surface area contributed by atoms with Crippen molar-refractivity contribution < 1.29 is 29.3 Å². The van der Waals surface area contributed by atoms with Gasteiger partial charge in [-0.05, 0) is 157 Å². The van der Waals surface area contributed by atoms with Gasteiger partial charge in [-0.3, -0.25) is 4.79 Å². The minimum Gasteiger partial charge on any atom is -0.497 e. The van der Waals surface area contributed by atoms with E-state index in [1.807, 2.05) is 26.0 Å². The van der Waals surface area contributed by atoms with Crippen LogP contribution in [0.25, 0.3) is 0 Å². The monoisotopic (exact) mass is 720 g/mol. The molecular formula is C45H69NO6. The largest absolute Gasteiger partial charge is 0.497 e. The summed E-state index contributed by atoms with van der Waals surface area (Å²) in [6.45, 7) is 22.1. The average molecular weight is 720 g/mol. The van der Waals surface area contributed by atoms with Crippen molar-refractivity contribution >= 4 is 11.9 Å². The Labute approximate surface area is 314 Å². The van der Waals surface area contributed by atoms with Gasteiger partial charge >= 0.3 is 5.97 Å². The molecule has 0 radical (unpaired) electrons. The van der Waals surface area contributed by atoms with Crippen LogP contribution in [0, 0.1) is 62.6 Å². The molecule has 290 valence electrons. The zero-order valence-electron chi connectivity index (χ0n) is 33.6. The molecule has 0 saturated heterocycles. The van der Waals surface area contributed by atoms with Crippen molar-refractivity contribution in [2.45, 2.75) is 138 Å². The standard InChI is InChI=1S/C45H69NO6/c1-28(2)26-34(39(48)49)46-40(50)45-22-16-32(29(3)27-52-25-19-30-10-12-31(51-9)13-11-30)38(45)33-14-15-36-42(6)20-18-37(47)41(4,5)35(42)17-21-44(36,8)43(33,7)23-24-45/h10-13,28,32-38,47H,3,14-27H2,1-2,4-9H3,(H,46,50)(H,48,49)/t32-,33+,34-,35-,36+,37-,38+,42-,43+,44+,45-/m0/s1. The predicted octanol–water partition coefficient (Wildman–Crippen LogP) is 8.87. The zero-order chi connectivity index (χ0) is 37.9. The minimum absolute atomic E-state index is 0.0424. The number of ether oxygens (including phenoxy) is 2. The Balaban J connectivity index is 1.28. The molecule has 0 heterocycles. The quantitative estimate of drug-likeness (QED) is 0.147. The number of methoxy groups -OCH3 is 1. The van der Waals surface area contributed by atoms with Crippen molar-refractivity contribution in [3.63, 3.8) is 0 Å². The van der Waals surface area contributed by atoms with E-state index in [1.165, 1.54) is 5.56 Å². The van der Waals surface area contributed by atoms with Gasteiger partial charge in [0.1, 0.15) is 11.8 Å². The van der Waals surface area contributed by atoms with Crippen LogP contribution < -0.4 is 10.1 Å². The summed E-state index contributed by atoms with van der Waals surface area (Å²) in [5.41, 5.74) is 1.92. The number of benzene rings is 1. The number of amides is 1. The van der Waals surface area contributed by atoms with Gasteiger partial charge in [0.25, 0.3) is 0 Å². The van der Waals surface area contributed by atoms with Gasteiger partial charge < -0.3 is 25.0 Å². The number of carbonyl (C=O) groups excluding carboxylic acids is 1. The van der Waals surface area contributed by atoms with Gasteiger partial charge in [0, 0.05) is 0 Å². The van der Waals surface area contributed by atoms with E-state index >= 15 is 0 Å². The van der Waals surface area contributed by atoms with Crippen LogP contribution in [0.2, 0.25) is 0 Å². The van der Waals surface area contributed by atoms with E-state index in [2.05, 4.69) is 58.6 Å². The summed E-state index contributed by atoms with van der Waals surface area (Å²) in [7, 11) is 1.68. The molecule has 3 N–H and O–H groups in total. The molecule has 5 fully saturated rings. The first-order chi connectivity index (χ1) is 24.4. The molecule has 11 atom stereocenters. The maximum absolute atomic E-state index is 14.7. The smallest absolute Gasteiger partial charge is 0.326 e. The Bertz CT molecular complexity index is 1490. The van der Waals surface area contributed by atoms with Gasteiger partial charge in [0.15, 0.2) is 0 Å². The average Bonchev–Trinajstić information content (AvgIpc) is 3.49. The Morgan fingerprint density at radius 3 is 2.27 bits per heavy atom. The third kappa shape index (κ3) is 6.35. The molecule has 7 nitrogen and oxygen atoms in total. The molecule has 1 amide bonds. The summed E-state index contributed by atoms with van der Waals surface area (Å²) in [5.74, 6) is 1.68. The lowest BCUT2D eigenvalue weighted by Gasteiger charge is -2.72. The first-order valence-corrected chi connectivity index (χ1v) is 20.5. The molecule has 6 rings (SSSR count). The fourth-order valence-electron chi connectivity index (χ4n) is 13.7. The Hall–Kier alpha value is -2.38. The SMILES string of the molecule is C=C(COCCc1ccc(OC)cc1)[C@@H]1CC[C@]2(C(=O)N[C@@H](CC(C)C)C(=O)O)CC[C@]3(C)[C@H](CC[C@@H]4[C@@]5(C)CC[C@H](O)C(C)(C)[C@@H]5CC[C@]43C)[C@@H]12. The number of aliphatic hydroxyl groups is 1. The fourth-order valence-corrected chi connectivity index (χ4v) is 13.7. The maximum Gasteiger partial charge on any atom is 0.326 e. The summed E-state index contributed by atoms with van der Waals surface area (Å²) >= 11 is 0. The topological polar surface area (TPSA) is 105 Å². The van der Waals surface area contributed by atoms with Crippen molar-refractivity contribution in [2.24, 2.45) is 62.6 Å². The van der Waals surface area contributed by atoms with Gasteiger partial charge in [-0.1, -0.05) is 67.2 Å². The highest BCUT2D eigenvalue weighted by Crippen LogP contribution is 2.77. The van der Waals surface area contributed by atoms with Crippen LogP contribution in [0.3, 0.4) is 0 Å². The van der Waals surface area contributed by atoms with Crippen molar-refractivity contribution in [3.8, 4) is 5.75 Å². The van der Waals surface area contributed by atoms with E-state index < -0.39 is 17.4 Å². The van der Waals surface area contributed by atoms with Crippen molar-refractivity contribution in [1.82, 2.24) is 5.32 Å². The van der Waals surface area contributed by atoms with E-state index in [4.69, 9.17) is 9.47 Å². The van der Waals surface area contributed by atoms with Gasteiger partial charge in [0.2, 0.25) is 5.91 Å². The third-order valence-corrected chi connectivity index (χ3v) is 16.7. The van der Waals surface area contributed by atoms with Crippen molar-refractivity contribution in [2.75, 3.05) is 20.3 Å². The Morgan fingerprint density at radius 2 is 1.62 bits per heavy atom. The number of nitrogens with one attached hydrogen (secondary N) is 1. The lowest BCUT2D eigenvalue weighted by Crippen LogP contribution is -2.67. The number of hydrogen-bond acceptors (Lipinski definition) is 5. The van der Waals surface area contributed by atoms with Gasteiger partial charge in [-0.2, -0.15) is 0 Å². The number of aliphatic carboxylic acids is 1. The van der Waals surface area contributed by atoms with Crippen LogP contribution in [-0.4, -0.2) is 54.6 Å². The van der Waals surface area contributed by atoms with Crippen LogP contribution in [0.4, 0.5) is 0 Å². The van der Waals surface area contributed by atoms with E-state index in [-0.39, 0.29) is 51.4 Å². The second-order valence-corrected chi connectivity index (χ2v) is 19.7. The van der Waals surface area contributed by atoms with Gasteiger partial charge in [-0.15, -0.1) is 0 Å². The molecule has 5 saturated carbocycles. The second kappa shape index (κ2) is 14.4. The number of rotatable bonds is 12. The Kier molecular flexibility index (Phi) is 10.9. The molecule has 5 aliphatic carbocycles. The van der Waals surface area contributed by atoms with E-state index in [0.717, 1.165) is 82.0 Å². The second-order valence-electron chi connectivity index (χ2n) is 19.7. The highest BCUT2D eigenvalue weighted by Gasteiger charge is 2.72. The predicted molar refractivity (Wildman–Crippen MR) is 206 cm³/mol.